The zero-order chi connectivity index (χ0) is 26.1. The van der Waals surface area contributed by atoms with Gasteiger partial charge in [0.2, 0.25) is 0 Å². The summed E-state index contributed by atoms with van der Waals surface area (Å²) < 4.78 is 11.9. The molecule has 2 aliphatic carbocycles. The zero-order valence-corrected chi connectivity index (χ0v) is 22.6. The number of carbonyl (C=O) groups excluding carboxylic acids is 2. The van der Waals surface area contributed by atoms with Gasteiger partial charge < -0.3 is 14.4 Å². The van der Waals surface area contributed by atoms with E-state index in [9.17, 15) is 9.59 Å². The van der Waals surface area contributed by atoms with Gasteiger partial charge in [0, 0.05) is 47.8 Å². The van der Waals surface area contributed by atoms with E-state index in [2.05, 4.69) is 17.0 Å². The zero-order valence-electron chi connectivity index (χ0n) is 21.8. The van der Waals surface area contributed by atoms with Crippen LogP contribution in [0.4, 0.5) is 0 Å². The Morgan fingerprint density at radius 1 is 0.946 bits per heavy atom. The van der Waals surface area contributed by atoms with Crippen LogP contribution in [0.1, 0.15) is 76.3 Å². The Labute approximate surface area is 224 Å². The van der Waals surface area contributed by atoms with Gasteiger partial charge in [-0.3, -0.25) is 9.59 Å². The predicted octanol–water partition coefficient (Wildman–Crippen LogP) is 7.14. The van der Waals surface area contributed by atoms with Crippen LogP contribution in [0.2, 0.25) is 5.02 Å². The number of nitrogens with zero attached hydrogens (tertiary/aromatic N) is 1. The maximum atomic E-state index is 13.6. The smallest absolute Gasteiger partial charge is 0.180 e. The van der Waals surface area contributed by atoms with E-state index >= 15 is 0 Å². The maximum Gasteiger partial charge on any atom is 0.180 e. The molecule has 194 valence electrons. The van der Waals surface area contributed by atoms with E-state index in [-0.39, 0.29) is 17.7 Å². The molecule has 1 aliphatic heterocycles. The molecule has 0 bridgehead atoms. The van der Waals surface area contributed by atoms with E-state index in [0.29, 0.717) is 42.5 Å². The second-order valence-electron chi connectivity index (χ2n) is 10.2. The van der Waals surface area contributed by atoms with Gasteiger partial charge in [0.25, 0.3) is 0 Å². The number of Topliss-reactive ketones (excluding diaryl/α,β-unsaturated/α-hetero) is 2. The molecule has 5 rings (SSSR count). The molecule has 0 atom stereocenters. The number of carbonyl (C=O) groups is 2. The molecular weight excluding hydrogens is 486 g/mol. The van der Waals surface area contributed by atoms with Gasteiger partial charge in [-0.05, 0) is 69.7 Å². The van der Waals surface area contributed by atoms with Gasteiger partial charge in [0.1, 0.15) is 0 Å². The summed E-state index contributed by atoms with van der Waals surface area (Å²) in [7, 11) is 0. The molecule has 0 saturated carbocycles. The first-order valence-corrected chi connectivity index (χ1v) is 13.7. The van der Waals surface area contributed by atoms with Gasteiger partial charge in [-0.1, -0.05) is 41.9 Å². The SMILES string of the molecule is CCOc1cc(C2C3=C(CCCC3=O)N(Cc3ccccc3)C3=C2C(=O)CCC3)cc(Cl)c1OC(C)C. The number of halogens is 1. The van der Waals surface area contributed by atoms with Crippen LogP contribution in [-0.2, 0) is 16.1 Å². The Morgan fingerprint density at radius 3 is 2.14 bits per heavy atom. The van der Waals surface area contributed by atoms with E-state index in [1.165, 1.54) is 0 Å². The van der Waals surface area contributed by atoms with Crippen LogP contribution < -0.4 is 9.47 Å². The van der Waals surface area contributed by atoms with Crippen LogP contribution in [0.25, 0.3) is 0 Å². The second kappa shape index (κ2) is 10.7. The van der Waals surface area contributed by atoms with Crippen molar-refractivity contribution in [3.05, 3.63) is 81.2 Å². The first-order valence-electron chi connectivity index (χ1n) is 13.4. The van der Waals surface area contributed by atoms with Gasteiger partial charge in [-0.25, -0.2) is 0 Å². The van der Waals surface area contributed by atoms with Crippen molar-refractivity contribution in [3.8, 4) is 11.5 Å². The van der Waals surface area contributed by atoms with Crippen molar-refractivity contribution in [1.82, 2.24) is 4.90 Å². The normalized spacial score (nSPS) is 18.4. The molecule has 2 aromatic rings. The quantitative estimate of drug-likeness (QED) is 0.389. The molecule has 1 heterocycles. The Kier molecular flexibility index (Phi) is 7.43. The lowest BCUT2D eigenvalue weighted by Crippen LogP contribution is -2.38. The Bertz CT molecular complexity index is 1230. The Hall–Kier alpha value is -3.05. The molecule has 0 aromatic heterocycles. The van der Waals surface area contributed by atoms with E-state index in [1.807, 2.05) is 51.1 Å². The first kappa shape index (κ1) is 25.6. The lowest BCUT2D eigenvalue weighted by molar-refractivity contribution is -0.117. The average molecular weight is 520 g/mol. The summed E-state index contributed by atoms with van der Waals surface area (Å²) >= 11 is 6.78. The fourth-order valence-corrected chi connectivity index (χ4v) is 6.14. The number of hydrogen-bond acceptors (Lipinski definition) is 5. The molecule has 0 fully saturated rings. The summed E-state index contributed by atoms with van der Waals surface area (Å²) in [6.45, 7) is 6.90. The number of allylic oxidation sites excluding steroid dienone is 4. The summed E-state index contributed by atoms with van der Waals surface area (Å²) in [5, 5.41) is 0.428. The van der Waals surface area contributed by atoms with E-state index in [1.54, 1.807) is 0 Å². The second-order valence-corrected chi connectivity index (χ2v) is 10.6. The van der Waals surface area contributed by atoms with Crippen LogP contribution >= 0.6 is 11.6 Å². The van der Waals surface area contributed by atoms with Gasteiger partial charge in [0.15, 0.2) is 23.1 Å². The number of benzene rings is 2. The van der Waals surface area contributed by atoms with Crippen LogP contribution in [0, 0.1) is 0 Å². The summed E-state index contributed by atoms with van der Waals surface area (Å²) in [4.78, 5) is 29.5. The predicted molar refractivity (Wildman–Crippen MR) is 145 cm³/mol. The highest BCUT2D eigenvalue weighted by Crippen LogP contribution is 2.51. The van der Waals surface area contributed by atoms with Crippen molar-refractivity contribution >= 4 is 23.2 Å². The van der Waals surface area contributed by atoms with Crippen LogP contribution in [0.15, 0.2) is 65.0 Å². The first-order chi connectivity index (χ1) is 17.9. The minimum absolute atomic E-state index is 0.0766. The molecule has 37 heavy (non-hydrogen) atoms. The van der Waals surface area contributed by atoms with E-state index < -0.39 is 5.92 Å². The van der Waals surface area contributed by atoms with E-state index in [4.69, 9.17) is 21.1 Å². The summed E-state index contributed by atoms with van der Waals surface area (Å²) in [5.41, 5.74) is 5.56. The van der Waals surface area contributed by atoms with Gasteiger partial charge >= 0.3 is 0 Å². The number of hydrogen-bond donors (Lipinski definition) is 0. The van der Waals surface area contributed by atoms with Crippen molar-refractivity contribution in [2.24, 2.45) is 0 Å². The molecular formula is C31H34ClNO4. The van der Waals surface area contributed by atoms with Crippen molar-refractivity contribution < 1.29 is 19.1 Å². The number of ether oxygens (including phenoxy) is 2. The van der Waals surface area contributed by atoms with Crippen molar-refractivity contribution in [3.63, 3.8) is 0 Å². The van der Waals surface area contributed by atoms with Crippen LogP contribution in [0.3, 0.4) is 0 Å². The molecule has 6 heteroatoms. The fourth-order valence-electron chi connectivity index (χ4n) is 5.87. The molecule has 0 N–H and O–H groups in total. The molecule has 0 unspecified atom stereocenters. The minimum Gasteiger partial charge on any atom is -0.490 e. The van der Waals surface area contributed by atoms with Gasteiger partial charge in [-0.2, -0.15) is 0 Å². The van der Waals surface area contributed by atoms with Crippen LogP contribution in [-0.4, -0.2) is 29.2 Å². The third-order valence-corrected chi connectivity index (χ3v) is 7.57. The fraction of sp³-hybridized carbons (Fsp3) is 0.419. The van der Waals surface area contributed by atoms with Crippen LogP contribution in [0.5, 0.6) is 11.5 Å². The van der Waals surface area contributed by atoms with Crippen molar-refractivity contribution in [1.29, 1.82) is 0 Å². The highest BCUT2D eigenvalue weighted by atomic mass is 35.5. The molecule has 0 amide bonds. The lowest BCUT2D eigenvalue weighted by atomic mass is 9.71. The third-order valence-electron chi connectivity index (χ3n) is 7.29. The molecule has 0 spiro atoms. The topological polar surface area (TPSA) is 55.8 Å². The van der Waals surface area contributed by atoms with Crippen molar-refractivity contribution in [2.45, 2.75) is 77.9 Å². The van der Waals surface area contributed by atoms with Gasteiger partial charge in [0.05, 0.1) is 17.7 Å². The number of ketones is 2. The molecule has 0 radical (unpaired) electrons. The summed E-state index contributed by atoms with van der Waals surface area (Å²) in [6, 6.07) is 14.0. The summed E-state index contributed by atoms with van der Waals surface area (Å²) in [5.74, 6) is 0.831. The van der Waals surface area contributed by atoms with E-state index in [0.717, 1.165) is 59.4 Å². The maximum absolute atomic E-state index is 13.6. The lowest BCUT2D eigenvalue weighted by Gasteiger charge is -2.44. The van der Waals surface area contributed by atoms with Gasteiger partial charge in [-0.15, -0.1) is 0 Å². The molecule has 2 aromatic carbocycles. The summed E-state index contributed by atoms with van der Waals surface area (Å²) in [6.07, 6.45) is 4.17. The van der Waals surface area contributed by atoms with Crippen molar-refractivity contribution in [2.75, 3.05) is 6.61 Å². The minimum atomic E-state index is -0.442. The highest BCUT2D eigenvalue weighted by Gasteiger charge is 2.43. The highest BCUT2D eigenvalue weighted by molar-refractivity contribution is 6.32. The average Bonchev–Trinajstić information content (AvgIpc) is 2.87. The molecule has 3 aliphatic rings. The number of rotatable bonds is 7. The monoisotopic (exact) mass is 519 g/mol. The third kappa shape index (κ3) is 4.94. The standard InChI is InChI=1S/C31H34ClNO4/c1-4-36-27-17-21(16-22(32)31(27)37-19(2)3)28-29-23(12-8-14-25(29)34)33(18-20-10-6-5-7-11-20)24-13-9-15-26(35)30(24)28/h5-7,10-11,16-17,19,28H,4,8-9,12-15,18H2,1-3H3. The Morgan fingerprint density at radius 2 is 1.57 bits per heavy atom. The Balaban J connectivity index is 1.70. The molecule has 5 nitrogen and oxygen atoms in total. The molecule has 0 saturated heterocycles. The largest absolute Gasteiger partial charge is 0.490 e.